The van der Waals surface area contributed by atoms with Crippen LogP contribution in [-0.4, -0.2) is 54.6 Å². The number of hydrogen-bond acceptors (Lipinski definition) is 8. The van der Waals surface area contributed by atoms with Gasteiger partial charge in [-0.25, -0.2) is 13.4 Å². The molecule has 0 aliphatic rings. The van der Waals surface area contributed by atoms with Gasteiger partial charge in [0.25, 0.3) is 5.22 Å². The van der Waals surface area contributed by atoms with Crippen LogP contribution in [0.25, 0.3) is 22.2 Å². The Bertz CT molecular complexity index is 1490. The minimum absolute atomic E-state index is 0.0443. The number of nitrogens with one attached hydrogen (secondary N) is 1. The molecule has 3 N–H and O–H groups in total. The molecule has 0 spiro atoms. The number of rotatable bonds is 11. The average Bonchev–Trinajstić information content (AvgIpc) is 3.29. The van der Waals surface area contributed by atoms with Gasteiger partial charge in [-0.1, -0.05) is 47.6 Å². The van der Waals surface area contributed by atoms with E-state index in [1.54, 1.807) is 49.6 Å². The van der Waals surface area contributed by atoms with E-state index in [2.05, 4.69) is 9.71 Å². The number of oxazole rings is 1. The van der Waals surface area contributed by atoms with Crippen molar-refractivity contribution in [3.63, 3.8) is 0 Å². The summed E-state index contributed by atoms with van der Waals surface area (Å²) >= 11 is 7.02. The highest BCUT2D eigenvalue weighted by Gasteiger charge is 2.28. The van der Waals surface area contributed by atoms with Crippen molar-refractivity contribution in [2.45, 2.75) is 28.7 Å². The number of sulfonamides is 1. The van der Waals surface area contributed by atoms with E-state index in [0.29, 0.717) is 21.9 Å². The van der Waals surface area contributed by atoms with Crippen LogP contribution in [0, 0.1) is 0 Å². The molecule has 37 heavy (non-hydrogen) atoms. The molecular weight excluding hydrogens is 540 g/mol. The summed E-state index contributed by atoms with van der Waals surface area (Å²) in [5.74, 6) is -0.659. The van der Waals surface area contributed by atoms with Gasteiger partial charge in [0.2, 0.25) is 10.0 Å². The Balaban J connectivity index is 1.38. The smallest absolute Gasteiger partial charge is 0.321 e. The molecule has 0 radical (unpaired) electrons. The fourth-order valence-corrected chi connectivity index (χ4v) is 5.66. The Morgan fingerprint density at radius 2 is 1.76 bits per heavy atom. The number of fused-ring (bicyclic) bond motifs is 1. The largest absolute Gasteiger partial charge is 0.497 e. The van der Waals surface area contributed by atoms with Crippen molar-refractivity contribution in [1.29, 1.82) is 0 Å². The number of carboxylic acid groups (broad SMARTS) is 1. The number of aliphatic carboxylic acids is 1. The quantitative estimate of drug-likeness (QED) is 0.226. The van der Waals surface area contributed by atoms with Crippen molar-refractivity contribution in [2.75, 3.05) is 12.9 Å². The van der Waals surface area contributed by atoms with Crippen LogP contribution in [0.4, 0.5) is 0 Å². The predicted molar refractivity (Wildman–Crippen MR) is 141 cm³/mol. The second-order valence-electron chi connectivity index (χ2n) is 8.06. The van der Waals surface area contributed by atoms with E-state index < -0.39 is 28.1 Å². The van der Waals surface area contributed by atoms with Crippen LogP contribution >= 0.6 is 23.4 Å². The van der Waals surface area contributed by atoms with Gasteiger partial charge in [-0.05, 0) is 47.5 Å². The number of aromatic nitrogens is 1. The Morgan fingerprint density at radius 3 is 2.38 bits per heavy atom. The van der Waals surface area contributed by atoms with Crippen LogP contribution in [0.5, 0.6) is 5.75 Å². The van der Waals surface area contributed by atoms with Crippen molar-refractivity contribution in [3.05, 3.63) is 71.8 Å². The third-order valence-corrected chi connectivity index (χ3v) is 8.12. The van der Waals surface area contributed by atoms with Gasteiger partial charge in [-0.15, -0.1) is 0 Å². The highest BCUT2D eigenvalue weighted by Crippen LogP contribution is 2.27. The molecule has 4 aromatic rings. The predicted octanol–water partition coefficient (Wildman–Crippen LogP) is 4.43. The first-order chi connectivity index (χ1) is 17.6. The van der Waals surface area contributed by atoms with Crippen molar-refractivity contribution < 1.29 is 32.6 Å². The molecule has 194 valence electrons. The lowest BCUT2D eigenvalue weighted by atomic mass is 10.1. The molecule has 4 rings (SSSR count). The minimum atomic E-state index is -4.16. The van der Waals surface area contributed by atoms with Gasteiger partial charge < -0.3 is 19.4 Å². The third-order valence-electron chi connectivity index (χ3n) is 5.42. The normalized spacial score (nSPS) is 13.4. The lowest BCUT2D eigenvalue weighted by Gasteiger charge is -2.18. The topological polar surface area (TPSA) is 139 Å². The Labute approximate surface area is 222 Å². The zero-order chi connectivity index (χ0) is 26.6. The lowest BCUT2D eigenvalue weighted by molar-refractivity contribution is -0.139. The van der Waals surface area contributed by atoms with E-state index in [1.807, 2.05) is 12.1 Å². The van der Waals surface area contributed by atoms with E-state index in [0.717, 1.165) is 22.9 Å². The molecule has 2 unspecified atom stereocenters. The first-order valence-corrected chi connectivity index (χ1v) is 13.9. The summed E-state index contributed by atoms with van der Waals surface area (Å²) in [5.41, 5.74) is 2.73. The zero-order valence-electron chi connectivity index (χ0n) is 19.5. The van der Waals surface area contributed by atoms with E-state index in [4.69, 9.17) is 20.8 Å². The van der Waals surface area contributed by atoms with Crippen molar-refractivity contribution in [1.82, 2.24) is 9.71 Å². The maximum absolute atomic E-state index is 12.9. The van der Waals surface area contributed by atoms with Crippen LogP contribution in [0.3, 0.4) is 0 Å². The standard InChI is InChI=1S/C25H23ClN2O7S2/c1-34-19-7-2-15(3-8-19)16-4-9-20(10-5-16)37(32,33)28-22(24(30)31)13-18(29)14-36-25-27-21-11-6-17(26)12-23(21)35-25/h2-12,18,22,28-29H,13-14H2,1H3,(H,30,31). The van der Waals surface area contributed by atoms with Gasteiger partial charge in [0.15, 0.2) is 5.58 Å². The van der Waals surface area contributed by atoms with E-state index in [-0.39, 0.29) is 22.3 Å². The molecule has 0 saturated carbocycles. The summed E-state index contributed by atoms with van der Waals surface area (Å²) in [7, 11) is -2.59. The second-order valence-corrected chi connectivity index (χ2v) is 11.2. The lowest BCUT2D eigenvalue weighted by Crippen LogP contribution is -2.43. The second kappa shape index (κ2) is 11.5. The number of halogens is 1. The van der Waals surface area contributed by atoms with Gasteiger partial charge in [-0.3, -0.25) is 4.79 Å². The molecular formula is C25H23ClN2O7S2. The number of aliphatic hydroxyl groups excluding tert-OH is 1. The fraction of sp³-hybridized carbons (Fsp3) is 0.200. The monoisotopic (exact) mass is 562 g/mol. The zero-order valence-corrected chi connectivity index (χ0v) is 21.9. The van der Waals surface area contributed by atoms with Crippen molar-refractivity contribution >= 4 is 50.5 Å². The Kier molecular flexibility index (Phi) is 8.40. The highest BCUT2D eigenvalue weighted by atomic mass is 35.5. The average molecular weight is 563 g/mol. The highest BCUT2D eigenvalue weighted by molar-refractivity contribution is 7.99. The summed E-state index contributed by atoms with van der Waals surface area (Å²) in [6.07, 6.45) is -1.50. The summed E-state index contributed by atoms with van der Waals surface area (Å²) in [6, 6.07) is 16.8. The van der Waals surface area contributed by atoms with Crippen LogP contribution in [-0.2, 0) is 14.8 Å². The van der Waals surface area contributed by atoms with Crippen LogP contribution in [0.1, 0.15) is 6.42 Å². The summed E-state index contributed by atoms with van der Waals surface area (Å²) in [4.78, 5) is 15.9. The van der Waals surface area contributed by atoms with Gasteiger partial charge in [0.1, 0.15) is 17.3 Å². The summed E-state index contributed by atoms with van der Waals surface area (Å²) < 4.78 is 38.6. The number of ether oxygens (including phenoxy) is 1. The molecule has 1 heterocycles. The first kappa shape index (κ1) is 27.0. The van der Waals surface area contributed by atoms with Crippen molar-refractivity contribution in [3.8, 4) is 16.9 Å². The first-order valence-electron chi connectivity index (χ1n) is 11.0. The maximum Gasteiger partial charge on any atom is 0.321 e. The molecule has 9 nitrogen and oxygen atoms in total. The van der Waals surface area contributed by atoms with Gasteiger partial charge in [0.05, 0.1) is 18.1 Å². The fourth-order valence-electron chi connectivity index (χ4n) is 3.51. The molecule has 3 aromatic carbocycles. The number of methoxy groups -OCH3 is 1. The van der Waals surface area contributed by atoms with Crippen molar-refractivity contribution in [2.24, 2.45) is 0 Å². The molecule has 1 aromatic heterocycles. The molecule has 0 fully saturated rings. The van der Waals surface area contributed by atoms with Gasteiger partial charge in [-0.2, -0.15) is 4.72 Å². The molecule has 0 aliphatic carbocycles. The molecule has 0 aliphatic heterocycles. The molecule has 12 heteroatoms. The summed E-state index contributed by atoms with van der Waals surface area (Å²) in [5, 5.41) is 20.7. The van der Waals surface area contributed by atoms with Gasteiger partial charge >= 0.3 is 5.97 Å². The number of nitrogens with zero attached hydrogens (tertiary/aromatic N) is 1. The molecule has 0 saturated heterocycles. The molecule has 0 bridgehead atoms. The number of hydrogen-bond donors (Lipinski definition) is 3. The van der Waals surface area contributed by atoms with E-state index >= 15 is 0 Å². The molecule has 2 atom stereocenters. The number of carboxylic acids is 1. The maximum atomic E-state index is 12.9. The SMILES string of the molecule is COc1ccc(-c2ccc(S(=O)(=O)NC(CC(O)CSc3nc4ccc(Cl)cc4o3)C(=O)O)cc2)cc1. The summed E-state index contributed by atoms with van der Waals surface area (Å²) in [6.45, 7) is 0. The number of thioether (sulfide) groups is 1. The Morgan fingerprint density at radius 1 is 1.11 bits per heavy atom. The third kappa shape index (κ3) is 6.82. The minimum Gasteiger partial charge on any atom is -0.497 e. The van der Waals surface area contributed by atoms with E-state index in [1.165, 1.54) is 12.1 Å². The van der Waals surface area contributed by atoms with Crippen LogP contribution < -0.4 is 9.46 Å². The number of aliphatic hydroxyl groups is 1. The number of carbonyl (C=O) groups is 1. The van der Waals surface area contributed by atoms with E-state index in [9.17, 15) is 23.4 Å². The number of benzene rings is 3. The van der Waals surface area contributed by atoms with Crippen LogP contribution in [0.2, 0.25) is 5.02 Å². The van der Waals surface area contributed by atoms with Gasteiger partial charge in [0, 0.05) is 23.3 Å². The Hall–Kier alpha value is -3.09. The molecule has 0 amide bonds. The van der Waals surface area contributed by atoms with Crippen LogP contribution in [0.15, 0.2) is 81.3 Å².